The molecule has 0 saturated heterocycles. The highest BCUT2D eigenvalue weighted by Gasteiger charge is 2.15. The molecular formula is C16H26ClNO. The van der Waals surface area contributed by atoms with Gasteiger partial charge >= 0.3 is 0 Å². The molecule has 0 radical (unpaired) electrons. The van der Waals surface area contributed by atoms with Crippen LogP contribution in [0.4, 0.5) is 0 Å². The lowest BCUT2D eigenvalue weighted by molar-refractivity contribution is 0.154. The molecule has 19 heavy (non-hydrogen) atoms. The number of hydrogen-bond donors (Lipinski definition) is 1. The van der Waals surface area contributed by atoms with Crippen LogP contribution in [0.25, 0.3) is 0 Å². The first-order chi connectivity index (χ1) is 9.21. The third-order valence-electron chi connectivity index (χ3n) is 3.29. The van der Waals surface area contributed by atoms with Crippen LogP contribution in [-0.4, -0.2) is 19.8 Å². The second kappa shape index (κ2) is 9.35. The van der Waals surface area contributed by atoms with E-state index in [2.05, 4.69) is 31.3 Å². The van der Waals surface area contributed by atoms with Crippen molar-refractivity contribution in [3.8, 4) is 0 Å². The molecule has 0 aliphatic carbocycles. The minimum Gasteiger partial charge on any atom is -0.383 e. The Balaban J connectivity index is 2.72. The second-order valence-electron chi connectivity index (χ2n) is 5.00. The van der Waals surface area contributed by atoms with Crippen molar-refractivity contribution in [3.05, 3.63) is 34.9 Å². The van der Waals surface area contributed by atoms with E-state index >= 15 is 0 Å². The average Bonchev–Trinajstić information content (AvgIpc) is 2.40. The van der Waals surface area contributed by atoms with Gasteiger partial charge in [0.2, 0.25) is 0 Å². The van der Waals surface area contributed by atoms with Gasteiger partial charge in [0.1, 0.15) is 0 Å². The Bertz CT molecular complexity index is 333. The van der Waals surface area contributed by atoms with E-state index in [0.717, 1.165) is 30.9 Å². The van der Waals surface area contributed by atoms with Crippen LogP contribution in [0, 0.1) is 0 Å². The standard InChI is InChI=1S/C16H26ClNO/c1-4-6-15(12-19-3)18-16(7-5-2)13-8-10-14(17)11-9-13/h8-11,15-16,18H,4-7,12H2,1-3H3. The minimum atomic E-state index is 0.383. The van der Waals surface area contributed by atoms with E-state index in [0.29, 0.717) is 12.1 Å². The van der Waals surface area contributed by atoms with Crippen molar-refractivity contribution < 1.29 is 4.74 Å². The highest BCUT2D eigenvalue weighted by molar-refractivity contribution is 6.30. The van der Waals surface area contributed by atoms with Crippen molar-refractivity contribution >= 4 is 11.6 Å². The summed E-state index contributed by atoms with van der Waals surface area (Å²) in [4.78, 5) is 0. The van der Waals surface area contributed by atoms with Gasteiger partial charge in [-0.3, -0.25) is 0 Å². The molecule has 0 amide bonds. The first-order valence-corrected chi connectivity index (χ1v) is 7.59. The van der Waals surface area contributed by atoms with Gasteiger partial charge < -0.3 is 10.1 Å². The molecule has 2 atom stereocenters. The minimum absolute atomic E-state index is 0.383. The van der Waals surface area contributed by atoms with E-state index in [1.54, 1.807) is 7.11 Å². The van der Waals surface area contributed by atoms with E-state index < -0.39 is 0 Å². The van der Waals surface area contributed by atoms with Gasteiger partial charge in [0.15, 0.2) is 0 Å². The number of nitrogens with one attached hydrogen (secondary N) is 1. The van der Waals surface area contributed by atoms with Crippen LogP contribution < -0.4 is 5.32 Å². The maximum atomic E-state index is 5.96. The number of ether oxygens (including phenoxy) is 1. The summed E-state index contributed by atoms with van der Waals surface area (Å²) in [5, 5.41) is 4.52. The van der Waals surface area contributed by atoms with Gasteiger partial charge in [-0.15, -0.1) is 0 Å². The predicted octanol–water partition coefficient (Wildman–Crippen LogP) is 4.59. The van der Waals surface area contributed by atoms with E-state index in [1.807, 2.05) is 12.1 Å². The molecule has 108 valence electrons. The quantitative estimate of drug-likeness (QED) is 0.716. The van der Waals surface area contributed by atoms with Crippen LogP contribution >= 0.6 is 11.6 Å². The molecule has 1 aromatic carbocycles. The molecule has 0 saturated carbocycles. The fourth-order valence-electron chi connectivity index (χ4n) is 2.38. The average molecular weight is 284 g/mol. The Hall–Kier alpha value is -0.570. The molecule has 0 bridgehead atoms. The Morgan fingerprint density at radius 1 is 1.11 bits per heavy atom. The van der Waals surface area contributed by atoms with Gasteiger partial charge in [0.05, 0.1) is 6.61 Å². The smallest absolute Gasteiger partial charge is 0.0616 e. The van der Waals surface area contributed by atoms with Crippen LogP contribution in [0.5, 0.6) is 0 Å². The van der Waals surface area contributed by atoms with E-state index in [-0.39, 0.29) is 0 Å². The number of rotatable bonds is 9. The molecule has 0 heterocycles. The molecule has 2 unspecified atom stereocenters. The normalized spacial score (nSPS) is 14.3. The Morgan fingerprint density at radius 3 is 2.26 bits per heavy atom. The molecule has 0 spiro atoms. The molecule has 1 N–H and O–H groups in total. The van der Waals surface area contributed by atoms with Crippen LogP contribution in [0.15, 0.2) is 24.3 Å². The molecule has 2 nitrogen and oxygen atoms in total. The third-order valence-corrected chi connectivity index (χ3v) is 3.54. The number of halogens is 1. The summed E-state index contributed by atoms with van der Waals surface area (Å²) in [6, 6.07) is 8.96. The first-order valence-electron chi connectivity index (χ1n) is 7.21. The zero-order valence-corrected chi connectivity index (χ0v) is 13.0. The van der Waals surface area contributed by atoms with E-state index in [1.165, 1.54) is 12.0 Å². The summed E-state index contributed by atoms with van der Waals surface area (Å²) in [5.41, 5.74) is 1.31. The van der Waals surface area contributed by atoms with Crippen LogP contribution in [-0.2, 0) is 4.74 Å². The second-order valence-corrected chi connectivity index (χ2v) is 5.44. The maximum absolute atomic E-state index is 5.96. The fraction of sp³-hybridized carbons (Fsp3) is 0.625. The monoisotopic (exact) mass is 283 g/mol. The van der Waals surface area contributed by atoms with Crippen molar-refractivity contribution in [1.29, 1.82) is 0 Å². The van der Waals surface area contributed by atoms with Crippen molar-refractivity contribution in [2.45, 2.75) is 51.6 Å². The SMILES string of the molecule is CCCC(COC)NC(CCC)c1ccc(Cl)cc1. The fourth-order valence-corrected chi connectivity index (χ4v) is 2.50. The molecule has 1 aromatic rings. The summed E-state index contributed by atoms with van der Waals surface area (Å²) in [5.74, 6) is 0. The molecule has 1 rings (SSSR count). The Kier molecular flexibility index (Phi) is 8.11. The molecule has 3 heteroatoms. The zero-order chi connectivity index (χ0) is 14.1. The number of methoxy groups -OCH3 is 1. The van der Waals surface area contributed by atoms with Crippen LogP contribution in [0.2, 0.25) is 5.02 Å². The van der Waals surface area contributed by atoms with Gasteiger partial charge in [0.25, 0.3) is 0 Å². The maximum Gasteiger partial charge on any atom is 0.0616 e. The lowest BCUT2D eigenvalue weighted by Gasteiger charge is -2.25. The Labute approximate surface area is 122 Å². The van der Waals surface area contributed by atoms with Gasteiger partial charge in [-0.2, -0.15) is 0 Å². The highest BCUT2D eigenvalue weighted by Crippen LogP contribution is 2.22. The van der Waals surface area contributed by atoms with Gasteiger partial charge in [0, 0.05) is 24.2 Å². The lowest BCUT2D eigenvalue weighted by Crippen LogP contribution is -2.36. The molecule has 0 fully saturated rings. The van der Waals surface area contributed by atoms with Crippen molar-refractivity contribution in [2.24, 2.45) is 0 Å². The molecule has 0 aromatic heterocycles. The molecular weight excluding hydrogens is 258 g/mol. The third kappa shape index (κ3) is 5.94. The summed E-state index contributed by atoms with van der Waals surface area (Å²) in [7, 11) is 1.77. The van der Waals surface area contributed by atoms with Crippen molar-refractivity contribution in [2.75, 3.05) is 13.7 Å². The molecule has 0 aliphatic rings. The Morgan fingerprint density at radius 2 is 1.74 bits per heavy atom. The predicted molar refractivity (Wildman–Crippen MR) is 82.8 cm³/mol. The van der Waals surface area contributed by atoms with Crippen molar-refractivity contribution in [1.82, 2.24) is 5.32 Å². The number of hydrogen-bond acceptors (Lipinski definition) is 2. The van der Waals surface area contributed by atoms with Gasteiger partial charge in [-0.05, 0) is 30.5 Å². The van der Waals surface area contributed by atoms with Crippen molar-refractivity contribution in [3.63, 3.8) is 0 Å². The largest absolute Gasteiger partial charge is 0.383 e. The van der Waals surface area contributed by atoms with Crippen LogP contribution in [0.3, 0.4) is 0 Å². The van der Waals surface area contributed by atoms with Crippen LogP contribution in [0.1, 0.15) is 51.1 Å². The van der Waals surface area contributed by atoms with Gasteiger partial charge in [-0.25, -0.2) is 0 Å². The summed E-state index contributed by atoms with van der Waals surface area (Å²) in [6.45, 7) is 5.19. The summed E-state index contributed by atoms with van der Waals surface area (Å²) >= 11 is 5.96. The lowest BCUT2D eigenvalue weighted by atomic mass is 10.0. The van der Waals surface area contributed by atoms with E-state index in [9.17, 15) is 0 Å². The highest BCUT2D eigenvalue weighted by atomic mass is 35.5. The zero-order valence-electron chi connectivity index (χ0n) is 12.3. The van der Waals surface area contributed by atoms with Gasteiger partial charge in [-0.1, -0.05) is 50.4 Å². The first kappa shape index (κ1) is 16.5. The summed E-state index contributed by atoms with van der Waals surface area (Å²) < 4.78 is 5.31. The topological polar surface area (TPSA) is 21.3 Å². The van der Waals surface area contributed by atoms with E-state index in [4.69, 9.17) is 16.3 Å². The number of benzene rings is 1. The summed E-state index contributed by atoms with van der Waals surface area (Å²) in [6.07, 6.45) is 4.60. The molecule has 0 aliphatic heterocycles.